The SMILES string of the molecule is CCCNc1cnc(CN(CC)C2CCCCC2)cn1. The van der Waals surface area contributed by atoms with Crippen molar-refractivity contribution in [3.63, 3.8) is 0 Å². The molecule has 0 spiro atoms. The Kier molecular flexibility index (Phi) is 6.25. The molecule has 4 heteroatoms. The van der Waals surface area contributed by atoms with E-state index in [0.717, 1.165) is 43.6 Å². The average molecular weight is 276 g/mol. The highest BCUT2D eigenvalue weighted by Gasteiger charge is 2.20. The lowest BCUT2D eigenvalue weighted by molar-refractivity contribution is 0.154. The van der Waals surface area contributed by atoms with Crippen molar-refractivity contribution in [3.8, 4) is 0 Å². The van der Waals surface area contributed by atoms with Gasteiger partial charge in [-0.15, -0.1) is 0 Å². The molecule has 1 aliphatic rings. The van der Waals surface area contributed by atoms with Crippen molar-refractivity contribution >= 4 is 5.82 Å². The van der Waals surface area contributed by atoms with Gasteiger partial charge in [0.2, 0.25) is 0 Å². The summed E-state index contributed by atoms with van der Waals surface area (Å²) >= 11 is 0. The first kappa shape index (κ1) is 15.2. The van der Waals surface area contributed by atoms with Gasteiger partial charge in [0.1, 0.15) is 5.82 Å². The van der Waals surface area contributed by atoms with E-state index in [1.807, 2.05) is 12.4 Å². The van der Waals surface area contributed by atoms with Crippen LogP contribution in [0, 0.1) is 0 Å². The van der Waals surface area contributed by atoms with Gasteiger partial charge in [-0.3, -0.25) is 9.88 Å². The molecule has 0 saturated heterocycles. The van der Waals surface area contributed by atoms with Crippen LogP contribution in [-0.4, -0.2) is 34.0 Å². The molecule has 4 nitrogen and oxygen atoms in total. The van der Waals surface area contributed by atoms with Crippen molar-refractivity contribution in [1.82, 2.24) is 14.9 Å². The van der Waals surface area contributed by atoms with Gasteiger partial charge in [0.25, 0.3) is 0 Å². The summed E-state index contributed by atoms with van der Waals surface area (Å²) in [5, 5.41) is 3.26. The molecule has 1 N–H and O–H groups in total. The zero-order chi connectivity index (χ0) is 14.2. The van der Waals surface area contributed by atoms with Crippen LogP contribution in [0.15, 0.2) is 12.4 Å². The van der Waals surface area contributed by atoms with E-state index >= 15 is 0 Å². The van der Waals surface area contributed by atoms with Gasteiger partial charge >= 0.3 is 0 Å². The van der Waals surface area contributed by atoms with Crippen LogP contribution < -0.4 is 5.32 Å². The molecule has 0 radical (unpaired) electrons. The van der Waals surface area contributed by atoms with Gasteiger partial charge in [-0.2, -0.15) is 0 Å². The second-order valence-electron chi connectivity index (χ2n) is 5.67. The molecule has 1 aromatic rings. The van der Waals surface area contributed by atoms with Crippen LogP contribution in [0.3, 0.4) is 0 Å². The van der Waals surface area contributed by atoms with Crippen molar-refractivity contribution in [2.75, 3.05) is 18.4 Å². The van der Waals surface area contributed by atoms with Crippen LogP contribution >= 0.6 is 0 Å². The van der Waals surface area contributed by atoms with Gasteiger partial charge in [-0.1, -0.05) is 33.1 Å². The molecular formula is C16H28N4. The highest BCUT2D eigenvalue weighted by atomic mass is 15.2. The predicted molar refractivity (Wildman–Crippen MR) is 83.8 cm³/mol. The molecule has 0 amide bonds. The Bertz CT molecular complexity index is 371. The highest BCUT2D eigenvalue weighted by molar-refractivity contribution is 5.30. The van der Waals surface area contributed by atoms with Crippen LogP contribution in [0.2, 0.25) is 0 Å². The predicted octanol–water partition coefficient (Wildman–Crippen LogP) is 3.45. The van der Waals surface area contributed by atoms with Gasteiger partial charge < -0.3 is 5.32 Å². The minimum atomic E-state index is 0.744. The van der Waals surface area contributed by atoms with E-state index in [0.29, 0.717) is 0 Å². The Labute approximate surface area is 123 Å². The third-order valence-electron chi connectivity index (χ3n) is 4.12. The standard InChI is InChI=1S/C16H28N4/c1-3-10-17-16-12-18-14(11-19-16)13-20(4-2)15-8-6-5-7-9-15/h11-12,15H,3-10,13H2,1-2H3,(H,17,19). The van der Waals surface area contributed by atoms with Crippen molar-refractivity contribution in [2.45, 2.75) is 65.0 Å². The fourth-order valence-corrected chi connectivity index (χ4v) is 2.93. The first-order valence-corrected chi connectivity index (χ1v) is 8.12. The van der Waals surface area contributed by atoms with E-state index < -0.39 is 0 Å². The lowest BCUT2D eigenvalue weighted by atomic mass is 9.94. The van der Waals surface area contributed by atoms with Crippen LogP contribution in [0.4, 0.5) is 5.82 Å². The van der Waals surface area contributed by atoms with Gasteiger partial charge in [0.05, 0.1) is 18.1 Å². The minimum absolute atomic E-state index is 0.744. The first-order chi connectivity index (χ1) is 9.83. The highest BCUT2D eigenvalue weighted by Crippen LogP contribution is 2.23. The van der Waals surface area contributed by atoms with Crippen LogP contribution in [-0.2, 0) is 6.54 Å². The van der Waals surface area contributed by atoms with Crippen molar-refractivity contribution in [2.24, 2.45) is 0 Å². The molecule has 0 atom stereocenters. The molecule has 0 unspecified atom stereocenters. The molecule has 20 heavy (non-hydrogen) atoms. The molecule has 0 aliphatic heterocycles. The Hall–Kier alpha value is -1.16. The van der Waals surface area contributed by atoms with Crippen LogP contribution in [0.25, 0.3) is 0 Å². The summed E-state index contributed by atoms with van der Waals surface area (Å²) in [7, 11) is 0. The normalized spacial score (nSPS) is 16.6. The first-order valence-electron chi connectivity index (χ1n) is 8.12. The molecule has 0 aromatic carbocycles. The summed E-state index contributed by atoms with van der Waals surface area (Å²) < 4.78 is 0. The summed E-state index contributed by atoms with van der Waals surface area (Å²) in [5.74, 6) is 0.885. The Morgan fingerprint density at radius 1 is 1.15 bits per heavy atom. The van der Waals surface area contributed by atoms with E-state index in [-0.39, 0.29) is 0 Å². The molecule has 2 rings (SSSR count). The third-order valence-corrected chi connectivity index (χ3v) is 4.12. The van der Waals surface area contributed by atoms with E-state index in [9.17, 15) is 0 Å². The number of anilines is 1. The molecule has 1 aromatic heterocycles. The summed E-state index contributed by atoms with van der Waals surface area (Å²) in [5.41, 5.74) is 1.08. The lowest BCUT2D eigenvalue weighted by Crippen LogP contribution is -2.36. The second-order valence-corrected chi connectivity index (χ2v) is 5.67. The van der Waals surface area contributed by atoms with E-state index in [4.69, 9.17) is 0 Å². The average Bonchev–Trinajstić information content (AvgIpc) is 2.52. The van der Waals surface area contributed by atoms with Crippen molar-refractivity contribution < 1.29 is 0 Å². The number of hydrogen-bond acceptors (Lipinski definition) is 4. The summed E-state index contributed by atoms with van der Waals surface area (Å²) in [6.45, 7) is 7.39. The topological polar surface area (TPSA) is 41.1 Å². The van der Waals surface area contributed by atoms with Crippen molar-refractivity contribution in [1.29, 1.82) is 0 Å². The molecule has 112 valence electrons. The minimum Gasteiger partial charge on any atom is -0.369 e. The number of aromatic nitrogens is 2. The largest absolute Gasteiger partial charge is 0.369 e. The smallest absolute Gasteiger partial charge is 0.144 e. The van der Waals surface area contributed by atoms with Gasteiger partial charge in [-0.05, 0) is 25.8 Å². The molecule has 0 bridgehead atoms. The number of hydrogen-bond donors (Lipinski definition) is 1. The number of nitrogens with one attached hydrogen (secondary N) is 1. The maximum absolute atomic E-state index is 4.55. The molecule has 1 saturated carbocycles. The summed E-state index contributed by atoms with van der Waals surface area (Å²) in [6.07, 6.45) is 11.7. The van der Waals surface area contributed by atoms with Crippen molar-refractivity contribution in [3.05, 3.63) is 18.1 Å². The molecule has 1 fully saturated rings. The van der Waals surface area contributed by atoms with E-state index in [2.05, 4.69) is 34.0 Å². The van der Waals surface area contributed by atoms with Crippen LogP contribution in [0.5, 0.6) is 0 Å². The molecular weight excluding hydrogens is 248 g/mol. The van der Waals surface area contributed by atoms with Gasteiger partial charge in [0, 0.05) is 19.1 Å². The lowest BCUT2D eigenvalue weighted by Gasteiger charge is -2.33. The zero-order valence-electron chi connectivity index (χ0n) is 12.9. The monoisotopic (exact) mass is 276 g/mol. The van der Waals surface area contributed by atoms with Gasteiger partial charge in [-0.25, -0.2) is 4.98 Å². The Morgan fingerprint density at radius 3 is 2.55 bits per heavy atom. The van der Waals surface area contributed by atoms with Crippen LogP contribution in [0.1, 0.15) is 58.1 Å². The fourth-order valence-electron chi connectivity index (χ4n) is 2.93. The van der Waals surface area contributed by atoms with Gasteiger partial charge in [0.15, 0.2) is 0 Å². The maximum Gasteiger partial charge on any atom is 0.144 e. The Balaban J connectivity index is 1.89. The zero-order valence-corrected chi connectivity index (χ0v) is 12.9. The summed E-state index contributed by atoms with van der Waals surface area (Å²) in [6, 6.07) is 0.744. The molecule has 1 aliphatic carbocycles. The quantitative estimate of drug-likeness (QED) is 0.828. The molecule has 1 heterocycles. The number of rotatable bonds is 7. The maximum atomic E-state index is 4.55. The number of nitrogens with zero attached hydrogens (tertiary/aromatic N) is 3. The Morgan fingerprint density at radius 2 is 1.95 bits per heavy atom. The second kappa shape index (κ2) is 8.20. The van der Waals surface area contributed by atoms with E-state index in [1.54, 1.807) is 0 Å². The van der Waals surface area contributed by atoms with E-state index in [1.165, 1.54) is 32.1 Å². The summed E-state index contributed by atoms with van der Waals surface area (Å²) in [4.78, 5) is 11.6. The fraction of sp³-hybridized carbons (Fsp3) is 0.750. The third kappa shape index (κ3) is 4.44.